The molecule has 2 aromatic carbocycles. The number of halogens is 2. The fourth-order valence-electron chi connectivity index (χ4n) is 2.03. The molecule has 0 aromatic heterocycles. The van der Waals surface area contributed by atoms with E-state index >= 15 is 0 Å². The van der Waals surface area contributed by atoms with E-state index in [2.05, 4.69) is 65.7 Å². The molecule has 3 rings (SSSR count). The molecular formula is C13H11Br2N3. The highest BCUT2D eigenvalue weighted by molar-refractivity contribution is 9.11. The van der Waals surface area contributed by atoms with Gasteiger partial charge in [-0.15, -0.1) is 0 Å². The highest BCUT2D eigenvalue weighted by atomic mass is 79.9. The van der Waals surface area contributed by atoms with Gasteiger partial charge in [-0.2, -0.15) is 0 Å². The largest absolute Gasteiger partial charge is 0.354 e. The van der Waals surface area contributed by atoms with Gasteiger partial charge in [-0.3, -0.25) is 4.99 Å². The van der Waals surface area contributed by atoms with Crippen LogP contribution in [0.4, 0.5) is 5.69 Å². The fraction of sp³-hybridized carbons (Fsp3) is 0.154. The molecule has 0 spiro atoms. The maximum Gasteiger partial charge on any atom is 0.195 e. The zero-order valence-corrected chi connectivity index (χ0v) is 12.7. The molecule has 2 N–H and O–H groups in total. The van der Waals surface area contributed by atoms with Crippen molar-refractivity contribution in [1.29, 1.82) is 0 Å². The Kier molecular flexibility index (Phi) is 3.26. The minimum atomic E-state index is 0.828. The third-order valence-electron chi connectivity index (χ3n) is 2.86. The van der Waals surface area contributed by atoms with Crippen molar-refractivity contribution in [2.24, 2.45) is 4.99 Å². The quantitative estimate of drug-likeness (QED) is 0.804. The number of guanidine groups is 1. The van der Waals surface area contributed by atoms with Crippen LogP contribution >= 0.6 is 31.9 Å². The summed E-state index contributed by atoms with van der Waals surface area (Å²) in [5.74, 6) is 0.836. The van der Waals surface area contributed by atoms with Gasteiger partial charge < -0.3 is 10.6 Å². The predicted octanol–water partition coefficient (Wildman–Crippen LogP) is 3.74. The van der Waals surface area contributed by atoms with Crippen LogP contribution in [-0.4, -0.2) is 19.0 Å². The van der Waals surface area contributed by atoms with Crippen molar-refractivity contribution in [3.05, 3.63) is 39.3 Å². The second kappa shape index (κ2) is 4.90. The SMILES string of the molecule is Brc1cc(Br)c2ccccc2c1NC1=NCCN1. The van der Waals surface area contributed by atoms with Gasteiger partial charge in [-0.1, -0.05) is 40.2 Å². The molecule has 1 heterocycles. The molecule has 0 saturated heterocycles. The van der Waals surface area contributed by atoms with E-state index in [-0.39, 0.29) is 0 Å². The van der Waals surface area contributed by atoms with E-state index in [0.29, 0.717) is 0 Å². The molecule has 0 amide bonds. The van der Waals surface area contributed by atoms with Crippen LogP contribution in [0, 0.1) is 0 Å². The average Bonchev–Trinajstić information content (AvgIpc) is 2.87. The molecule has 2 aromatic rings. The molecule has 0 bridgehead atoms. The van der Waals surface area contributed by atoms with Crippen LogP contribution in [0.3, 0.4) is 0 Å². The first-order valence-corrected chi connectivity index (χ1v) is 7.26. The molecule has 92 valence electrons. The first kappa shape index (κ1) is 12.0. The van der Waals surface area contributed by atoms with Crippen LogP contribution in [0.5, 0.6) is 0 Å². The lowest BCUT2D eigenvalue weighted by Crippen LogP contribution is -2.26. The van der Waals surface area contributed by atoms with Crippen molar-refractivity contribution in [2.45, 2.75) is 0 Å². The van der Waals surface area contributed by atoms with Gasteiger partial charge in [0.25, 0.3) is 0 Å². The zero-order valence-electron chi connectivity index (χ0n) is 9.50. The Morgan fingerprint density at radius 1 is 1.11 bits per heavy atom. The van der Waals surface area contributed by atoms with E-state index in [0.717, 1.165) is 39.1 Å². The monoisotopic (exact) mass is 367 g/mol. The summed E-state index contributed by atoms with van der Waals surface area (Å²) in [6, 6.07) is 10.3. The molecule has 0 fully saturated rings. The minimum absolute atomic E-state index is 0.828. The second-order valence-electron chi connectivity index (χ2n) is 4.04. The van der Waals surface area contributed by atoms with E-state index in [1.165, 1.54) is 5.39 Å². The van der Waals surface area contributed by atoms with E-state index in [1.54, 1.807) is 0 Å². The van der Waals surface area contributed by atoms with Crippen LogP contribution in [0.2, 0.25) is 0 Å². The minimum Gasteiger partial charge on any atom is -0.354 e. The number of rotatable bonds is 1. The maximum absolute atomic E-state index is 4.36. The molecular weight excluding hydrogens is 358 g/mol. The molecule has 0 unspecified atom stereocenters. The van der Waals surface area contributed by atoms with E-state index in [1.807, 2.05) is 12.1 Å². The molecule has 0 saturated carbocycles. The Labute approximate surface area is 122 Å². The second-order valence-corrected chi connectivity index (χ2v) is 5.75. The molecule has 5 heteroatoms. The fourth-order valence-corrected chi connectivity index (χ4v) is 3.45. The number of fused-ring (bicyclic) bond motifs is 1. The van der Waals surface area contributed by atoms with Crippen LogP contribution < -0.4 is 10.6 Å². The van der Waals surface area contributed by atoms with E-state index in [9.17, 15) is 0 Å². The summed E-state index contributed by atoms with van der Waals surface area (Å²) < 4.78 is 2.10. The lowest BCUT2D eigenvalue weighted by atomic mass is 10.1. The third-order valence-corrected chi connectivity index (χ3v) is 4.15. The lowest BCUT2D eigenvalue weighted by molar-refractivity contribution is 0.959. The van der Waals surface area contributed by atoms with Crippen LogP contribution in [0.15, 0.2) is 44.3 Å². The Hall–Kier alpha value is -1.07. The lowest BCUT2D eigenvalue weighted by Gasteiger charge is -2.13. The van der Waals surface area contributed by atoms with Crippen LogP contribution in [0.1, 0.15) is 0 Å². The number of benzene rings is 2. The maximum atomic E-state index is 4.36. The van der Waals surface area contributed by atoms with Crippen molar-refractivity contribution in [3.8, 4) is 0 Å². The van der Waals surface area contributed by atoms with Gasteiger partial charge in [-0.25, -0.2) is 0 Å². The average molecular weight is 369 g/mol. The van der Waals surface area contributed by atoms with Gasteiger partial charge in [0, 0.05) is 20.9 Å². The van der Waals surface area contributed by atoms with E-state index < -0.39 is 0 Å². The van der Waals surface area contributed by atoms with E-state index in [4.69, 9.17) is 0 Å². The predicted molar refractivity (Wildman–Crippen MR) is 83.3 cm³/mol. The molecule has 3 nitrogen and oxygen atoms in total. The number of aliphatic imine (C=N–C) groups is 1. The molecule has 1 aliphatic heterocycles. The van der Waals surface area contributed by atoms with Crippen LogP contribution in [0.25, 0.3) is 10.8 Å². The van der Waals surface area contributed by atoms with Gasteiger partial charge in [0.15, 0.2) is 5.96 Å². The number of hydrogen-bond acceptors (Lipinski definition) is 3. The smallest absolute Gasteiger partial charge is 0.195 e. The molecule has 0 radical (unpaired) electrons. The first-order valence-electron chi connectivity index (χ1n) is 5.68. The molecule has 0 aliphatic carbocycles. The van der Waals surface area contributed by atoms with Crippen molar-refractivity contribution in [1.82, 2.24) is 5.32 Å². The number of nitrogens with zero attached hydrogens (tertiary/aromatic N) is 1. The van der Waals surface area contributed by atoms with Gasteiger partial charge in [-0.05, 0) is 27.4 Å². The summed E-state index contributed by atoms with van der Waals surface area (Å²) in [6.07, 6.45) is 0. The van der Waals surface area contributed by atoms with Gasteiger partial charge in [0.2, 0.25) is 0 Å². The number of hydrogen-bond donors (Lipinski definition) is 2. The molecule has 1 aliphatic rings. The summed E-state index contributed by atoms with van der Waals surface area (Å²) in [7, 11) is 0. The number of anilines is 1. The van der Waals surface area contributed by atoms with Crippen molar-refractivity contribution >= 4 is 54.3 Å². The zero-order chi connectivity index (χ0) is 12.5. The normalized spacial score (nSPS) is 14.4. The molecule has 0 atom stereocenters. The van der Waals surface area contributed by atoms with Gasteiger partial charge in [0.05, 0.1) is 12.2 Å². The Bertz CT molecular complexity index is 637. The number of nitrogens with one attached hydrogen (secondary N) is 2. The summed E-state index contributed by atoms with van der Waals surface area (Å²) in [5.41, 5.74) is 1.04. The van der Waals surface area contributed by atoms with Crippen LogP contribution in [-0.2, 0) is 0 Å². The highest BCUT2D eigenvalue weighted by Gasteiger charge is 2.12. The molecule has 18 heavy (non-hydrogen) atoms. The van der Waals surface area contributed by atoms with Gasteiger partial charge >= 0.3 is 0 Å². The summed E-state index contributed by atoms with van der Waals surface area (Å²) in [6.45, 7) is 1.73. The standard InChI is InChI=1S/C13H11Br2N3/c14-10-7-11(15)12(18-13-16-5-6-17-13)9-4-2-1-3-8(9)10/h1-4,7H,5-6H2,(H2,16,17,18). The van der Waals surface area contributed by atoms with Gasteiger partial charge in [0.1, 0.15) is 0 Å². The summed E-state index contributed by atoms with van der Waals surface area (Å²) in [4.78, 5) is 4.36. The van der Waals surface area contributed by atoms with Crippen molar-refractivity contribution < 1.29 is 0 Å². The third kappa shape index (κ3) is 2.12. The Balaban J connectivity index is 2.15. The van der Waals surface area contributed by atoms with Crippen molar-refractivity contribution in [2.75, 3.05) is 18.4 Å². The Morgan fingerprint density at radius 3 is 2.61 bits per heavy atom. The first-order chi connectivity index (χ1) is 8.75. The summed E-state index contributed by atoms with van der Waals surface area (Å²) >= 11 is 7.19. The Morgan fingerprint density at radius 2 is 1.89 bits per heavy atom. The van der Waals surface area contributed by atoms with Crippen molar-refractivity contribution in [3.63, 3.8) is 0 Å². The highest BCUT2D eigenvalue weighted by Crippen LogP contribution is 2.36. The topological polar surface area (TPSA) is 36.4 Å². The summed E-state index contributed by atoms with van der Waals surface area (Å²) in [5, 5.41) is 8.91.